The number of rotatable bonds is 4. The maximum atomic E-state index is 11.0. The van der Waals surface area contributed by atoms with Gasteiger partial charge in [-0.15, -0.1) is 0 Å². The summed E-state index contributed by atoms with van der Waals surface area (Å²) in [5.41, 5.74) is 0.635. The van der Waals surface area contributed by atoms with Crippen LogP contribution < -0.4 is 5.32 Å². The summed E-state index contributed by atoms with van der Waals surface area (Å²) >= 11 is 5.83. The highest BCUT2D eigenvalue weighted by Gasteiger charge is 2.10. The fourth-order valence-corrected chi connectivity index (χ4v) is 1.68. The number of nitrogens with zero attached hydrogens (tertiary/aromatic N) is 4. The van der Waals surface area contributed by atoms with E-state index in [0.717, 1.165) is 5.39 Å². The lowest BCUT2D eigenvalue weighted by Crippen LogP contribution is -2.11. The van der Waals surface area contributed by atoms with Crippen molar-refractivity contribution in [2.75, 3.05) is 19.0 Å². The van der Waals surface area contributed by atoms with Gasteiger partial charge in [0.25, 0.3) is 0 Å². The zero-order valence-corrected chi connectivity index (χ0v) is 10.7. The number of halogens is 1. The summed E-state index contributed by atoms with van der Waals surface area (Å²) in [7, 11) is 3.12. The van der Waals surface area contributed by atoms with Crippen molar-refractivity contribution in [2.45, 2.75) is 6.42 Å². The number of aromatic nitrogens is 4. The first kappa shape index (κ1) is 12.6. The Morgan fingerprint density at radius 1 is 1.56 bits per heavy atom. The van der Waals surface area contributed by atoms with E-state index in [9.17, 15) is 4.79 Å². The Bertz CT molecular complexity index is 583. The van der Waals surface area contributed by atoms with Crippen LogP contribution in [-0.4, -0.2) is 39.4 Å². The van der Waals surface area contributed by atoms with Crippen LogP contribution in [-0.2, 0) is 16.6 Å². The van der Waals surface area contributed by atoms with Gasteiger partial charge in [0.1, 0.15) is 5.82 Å². The average molecular weight is 270 g/mol. The third kappa shape index (κ3) is 2.51. The average Bonchev–Trinajstić information content (AvgIpc) is 2.71. The summed E-state index contributed by atoms with van der Waals surface area (Å²) in [5, 5.41) is 7.99. The van der Waals surface area contributed by atoms with Gasteiger partial charge in [-0.25, -0.2) is 0 Å². The molecule has 0 aliphatic rings. The van der Waals surface area contributed by atoms with Gasteiger partial charge >= 0.3 is 5.97 Å². The van der Waals surface area contributed by atoms with Crippen LogP contribution in [0.5, 0.6) is 0 Å². The molecule has 0 spiro atoms. The minimum absolute atomic E-state index is 0.131. The second-order valence-corrected chi connectivity index (χ2v) is 3.94. The largest absolute Gasteiger partial charge is 0.469 e. The predicted molar refractivity (Wildman–Crippen MR) is 66.4 cm³/mol. The Hall–Kier alpha value is -1.89. The Kier molecular flexibility index (Phi) is 3.61. The third-order valence-electron chi connectivity index (χ3n) is 2.41. The maximum Gasteiger partial charge on any atom is 0.307 e. The van der Waals surface area contributed by atoms with Crippen molar-refractivity contribution in [1.29, 1.82) is 0 Å². The Labute approximate surface area is 108 Å². The van der Waals surface area contributed by atoms with E-state index in [0.29, 0.717) is 18.0 Å². The number of esters is 1. The van der Waals surface area contributed by atoms with Crippen LogP contribution in [0.25, 0.3) is 11.0 Å². The SMILES string of the molecule is COC(=O)CCNc1nc(Cl)nc2c1cnn2C. The number of carbonyl (C=O) groups is 1. The highest BCUT2D eigenvalue weighted by Crippen LogP contribution is 2.21. The van der Waals surface area contributed by atoms with Crippen molar-refractivity contribution in [3.05, 3.63) is 11.5 Å². The summed E-state index contributed by atoms with van der Waals surface area (Å²) < 4.78 is 6.15. The number of aryl methyl sites for hydroxylation is 1. The van der Waals surface area contributed by atoms with E-state index in [1.807, 2.05) is 0 Å². The zero-order valence-electron chi connectivity index (χ0n) is 9.97. The van der Waals surface area contributed by atoms with E-state index in [2.05, 4.69) is 25.1 Å². The lowest BCUT2D eigenvalue weighted by molar-refractivity contribution is -0.140. The molecule has 0 saturated carbocycles. The molecule has 0 amide bonds. The predicted octanol–water partition coefficient (Wildman–Crippen LogP) is 0.992. The third-order valence-corrected chi connectivity index (χ3v) is 2.58. The highest BCUT2D eigenvalue weighted by molar-refractivity contribution is 6.28. The van der Waals surface area contributed by atoms with Crippen molar-refractivity contribution < 1.29 is 9.53 Å². The normalized spacial score (nSPS) is 10.6. The lowest BCUT2D eigenvalue weighted by Gasteiger charge is -2.06. The molecule has 96 valence electrons. The van der Waals surface area contributed by atoms with Crippen LogP contribution in [0.2, 0.25) is 5.28 Å². The van der Waals surface area contributed by atoms with Gasteiger partial charge in [0.05, 0.1) is 25.1 Å². The quantitative estimate of drug-likeness (QED) is 0.658. The van der Waals surface area contributed by atoms with Gasteiger partial charge in [-0.05, 0) is 11.6 Å². The van der Waals surface area contributed by atoms with Crippen molar-refractivity contribution in [3.63, 3.8) is 0 Å². The van der Waals surface area contributed by atoms with E-state index in [1.165, 1.54) is 7.11 Å². The molecular formula is C10H12ClN5O2. The minimum atomic E-state index is -0.287. The van der Waals surface area contributed by atoms with E-state index in [4.69, 9.17) is 11.6 Å². The van der Waals surface area contributed by atoms with Crippen LogP contribution in [0.4, 0.5) is 5.82 Å². The molecule has 2 rings (SSSR count). The van der Waals surface area contributed by atoms with Crippen molar-refractivity contribution in [2.24, 2.45) is 7.05 Å². The number of carbonyl (C=O) groups excluding carboxylic acids is 1. The highest BCUT2D eigenvalue weighted by atomic mass is 35.5. The molecule has 0 unspecified atom stereocenters. The maximum absolute atomic E-state index is 11.0. The topological polar surface area (TPSA) is 81.9 Å². The smallest absolute Gasteiger partial charge is 0.307 e. The van der Waals surface area contributed by atoms with Crippen LogP contribution in [0.15, 0.2) is 6.20 Å². The van der Waals surface area contributed by atoms with Crippen molar-refractivity contribution in [1.82, 2.24) is 19.7 Å². The molecule has 0 radical (unpaired) electrons. The lowest BCUT2D eigenvalue weighted by atomic mass is 10.3. The molecule has 2 heterocycles. The molecule has 7 nitrogen and oxygen atoms in total. The molecule has 0 saturated heterocycles. The van der Waals surface area contributed by atoms with Crippen LogP contribution in [0, 0.1) is 0 Å². The minimum Gasteiger partial charge on any atom is -0.469 e. The van der Waals surface area contributed by atoms with E-state index in [1.54, 1.807) is 17.9 Å². The van der Waals surface area contributed by atoms with Crippen LogP contribution in [0.1, 0.15) is 6.42 Å². The second-order valence-electron chi connectivity index (χ2n) is 3.60. The number of anilines is 1. The Balaban J connectivity index is 2.19. The number of hydrogen-bond donors (Lipinski definition) is 1. The van der Waals surface area contributed by atoms with E-state index < -0.39 is 0 Å². The van der Waals surface area contributed by atoms with Gasteiger partial charge < -0.3 is 10.1 Å². The van der Waals surface area contributed by atoms with Crippen LogP contribution in [0.3, 0.4) is 0 Å². The number of fused-ring (bicyclic) bond motifs is 1. The summed E-state index contributed by atoms with van der Waals surface area (Å²) in [5.74, 6) is 0.270. The fraction of sp³-hybridized carbons (Fsp3) is 0.400. The van der Waals surface area contributed by atoms with Crippen molar-refractivity contribution in [3.8, 4) is 0 Å². The molecular weight excluding hydrogens is 258 g/mol. The zero-order chi connectivity index (χ0) is 13.1. The van der Waals surface area contributed by atoms with Gasteiger partial charge in [0.15, 0.2) is 5.65 Å². The summed E-state index contributed by atoms with van der Waals surface area (Å²) in [4.78, 5) is 19.2. The van der Waals surface area contributed by atoms with Crippen LogP contribution >= 0.6 is 11.6 Å². The summed E-state index contributed by atoms with van der Waals surface area (Å²) in [6.07, 6.45) is 1.89. The van der Waals surface area contributed by atoms with Crippen molar-refractivity contribution >= 4 is 34.4 Å². The Morgan fingerprint density at radius 3 is 3.06 bits per heavy atom. The molecule has 0 aliphatic heterocycles. The number of nitrogens with one attached hydrogen (secondary N) is 1. The summed E-state index contributed by atoms with van der Waals surface area (Å²) in [6.45, 7) is 0.407. The van der Waals surface area contributed by atoms with Gasteiger partial charge in [0.2, 0.25) is 5.28 Å². The summed E-state index contributed by atoms with van der Waals surface area (Å²) in [6, 6.07) is 0. The molecule has 2 aromatic heterocycles. The number of hydrogen-bond acceptors (Lipinski definition) is 6. The van der Waals surface area contributed by atoms with Gasteiger partial charge in [-0.1, -0.05) is 0 Å². The molecule has 1 N–H and O–H groups in total. The van der Waals surface area contributed by atoms with Gasteiger partial charge in [-0.3, -0.25) is 9.48 Å². The first-order valence-electron chi connectivity index (χ1n) is 5.27. The van der Waals surface area contributed by atoms with Gasteiger partial charge in [-0.2, -0.15) is 15.1 Å². The molecule has 8 heteroatoms. The Morgan fingerprint density at radius 2 is 2.33 bits per heavy atom. The monoisotopic (exact) mass is 269 g/mol. The van der Waals surface area contributed by atoms with E-state index in [-0.39, 0.29) is 17.7 Å². The molecule has 0 atom stereocenters. The van der Waals surface area contributed by atoms with Gasteiger partial charge in [0, 0.05) is 13.6 Å². The molecule has 0 aliphatic carbocycles. The standard InChI is InChI=1S/C10H12ClN5O2/c1-16-9-6(5-13-16)8(14-10(11)15-9)12-4-3-7(17)18-2/h5H,3-4H2,1-2H3,(H,12,14,15). The molecule has 18 heavy (non-hydrogen) atoms. The second kappa shape index (κ2) is 5.18. The van der Waals surface area contributed by atoms with E-state index >= 15 is 0 Å². The first-order valence-corrected chi connectivity index (χ1v) is 5.65. The number of ether oxygens (including phenoxy) is 1. The first-order chi connectivity index (χ1) is 8.61. The fourth-order valence-electron chi connectivity index (χ4n) is 1.52. The molecule has 0 aromatic carbocycles. The number of methoxy groups -OCH3 is 1. The molecule has 2 aromatic rings. The molecule has 0 fully saturated rings. The molecule has 0 bridgehead atoms.